The number of carbonyl (C=O) groups is 1. The van der Waals surface area contributed by atoms with Crippen LogP contribution in [0.25, 0.3) is 17.3 Å². The van der Waals surface area contributed by atoms with Gasteiger partial charge in [-0.15, -0.1) is 0 Å². The lowest BCUT2D eigenvalue weighted by atomic mass is 10.0. The minimum Gasteiger partial charge on any atom is -0.344 e. The first kappa shape index (κ1) is 27.5. The van der Waals surface area contributed by atoms with Crippen LogP contribution in [0.2, 0.25) is 0 Å². The predicted molar refractivity (Wildman–Crippen MR) is 154 cm³/mol. The molecule has 0 aliphatic carbocycles. The largest absolute Gasteiger partial charge is 0.344 e. The van der Waals surface area contributed by atoms with Crippen LogP contribution in [-0.2, 0) is 15.8 Å². The smallest absolute Gasteiger partial charge is 0.252 e. The average Bonchev–Trinajstić information content (AvgIpc) is 3.51. The van der Waals surface area contributed by atoms with Gasteiger partial charge >= 0.3 is 0 Å². The van der Waals surface area contributed by atoms with Gasteiger partial charge in [-0.1, -0.05) is 37.3 Å². The van der Waals surface area contributed by atoms with Gasteiger partial charge in [-0.05, 0) is 84.7 Å². The number of rotatable bonds is 9. The Morgan fingerprint density at radius 1 is 1.21 bits per heavy atom. The van der Waals surface area contributed by atoms with Gasteiger partial charge in [0.25, 0.3) is 5.91 Å². The van der Waals surface area contributed by atoms with E-state index in [-0.39, 0.29) is 11.7 Å². The molecule has 2 aromatic heterocycles. The van der Waals surface area contributed by atoms with E-state index in [2.05, 4.69) is 32.9 Å². The molecule has 4 rings (SSSR count). The summed E-state index contributed by atoms with van der Waals surface area (Å²) in [6.45, 7) is 9.62. The highest BCUT2D eigenvalue weighted by molar-refractivity contribution is 9.10. The van der Waals surface area contributed by atoms with Crippen molar-refractivity contribution in [3.05, 3.63) is 112 Å². The first-order valence-corrected chi connectivity index (χ1v) is 14.0. The molecule has 0 saturated heterocycles. The first-order valence-electron chi connectivity index (χ1n) is 12.1. The van der Waals surface area contributed by atoms with Crippen molar-refractivity contribution in [2.24, 2.45) is 0 Å². The lowest BCUT2D eigenvalue weighted by Crippen LogP contribution is -2.30. The van der Waals surface area contributed by atoms with Crippen molar-refractivity contribution < 1.29 is 13.4 Å². The number of nitrogens with one attached hydrogen (secondary N) is 1. The van der Waals surface area contributed by atoms with E-state index in [1.165, 1.54) is 12.1 Å². The van der Waals surface area contributed by atoms with Crippen LogP contribution in [0.1, 0.15) is 48.8 Å². The van der Waals surface area contributed by atoms with Crippen LogP contribution in [0.5, 0.6) is 0 Å². The Morgan fingerprint density at radius 3 is 2.50 bits per heavy atom. The summed E-state index contributed by atoms with van der Waals surface area (Å²) in [7, 11) is -1.49. The molecule has 0 aliphatic heterocycles. The molecule has 9 heteroatoms. The average molecular weight is 596 g/mol. The fraction of sp³-hybridized carbons (Fsp3) is 0.172. The van der Waals surface area contributed by atoms with Crippen LogP contribution in [0.15, 0.2) is 89.0 Å². The molecule has 0 spiro atoms. The van der Waals surface area contributed by atoms with Crippen molar-refractivity contribution in [1.29, 1.82) is 0 Å². The molecule has 1 amide bonds. The fourth-order valence-corrected chi connectivity index (χ4v) is 5.93. The number of carbonyl (C=O) groups excluding carboxylic acids is 1. The highest BCUT2D eigenvalue weighted by Gasteiger charge is 2.24. The molecule has 0 bridgehead atoms. The van der Waals surface area contributed by atoms with E-state index < -0.39 is 17.0 Å². The van der Waals surface area contributed by atoms with Crippen LogP contribution < -0.4 is 5.32 Å². The Balaban J connectivity index is 1.63. The summed E-state index contributed by atoms with van der Waals surface area (Å²) in [5.74, 6) is -0.647. The normalized spacial score (nSPS) is 13.2. The third kappa shape index (κ3) is 5.63. The molecule has 6 nitrogen and oxygen atoms in total. The van der Waals surface area contributed by atoms with E-state index in [0.717, 1.165) is 10.0 Å². The van der Waals surface area contributed by atoms with Gasteiger partial charge in [0.2, 0.25) is 0 Å². The van der Waals surface area contributed by atoms with E-state index in [0.29, 0.717) is 39.5 Å². The standard InChI is InChI=1S/C29H28BrFN4O2S/c1-5-24(25-17-32-35(27(25)7-3)22-12-10-21(31)11-13-22)29(36)33-26(6-2)28-16-20(30)18-34(28)38(37)23-14-8-19(4)9-15-23/h5,7-18,26H,3,6H2,1-2,4H3,(H,33,36)/b24-5+. The predicted octanol–water partition coefficient (Wildman–Crippen LogP) is 6.77. The lowest BCUT2D eigenvalue weighted by molar-refractivity contribution is -0.116. The zero-order chi connectivity index (χ0) is 27.4. The van der Waals surface area contributed by atoms with Crippen molar-refractivity contribution in [3.63, 3.8) is 0 Å². The van der Waals surface area contributed by atoms with Crippen LogP contribution in [0.4, 0.5) is 4.39 Å². The molecule has 38 heavy (non-hydrogen) atoms. The van der Waals surface area contributed by atoms with Crippen LogP contribution in [0.3, 0.4) is 0 Å². The zero-order valence-corrected chi connectivity index (χ0v) is 23.7. The summed E-state index contributed by atoms with van der Waals surface area (Å²) in [5, 5.41) is 7.53. The monoisotopic (exact) mass is 594 g/mol. The maximum Gasteiger partial charge on any atom is 0.252 e. The number of amides is 1. The number of halogens is 2. The van der Waals surface area contributed by atoms with Crippen molar-refractivity contribution >= 4 is 44.5 Å². The summed E-state index contributed by atoms with van der Waals surface area (Å²) < 4.78 is 30.9. The van der Waals surface area contributed by atoms with E-state index >= 15 is 0 Å². The molecule has 2 aromatic carbocycles. The van der Waals surface area contributed by atoms with E-state index in [1.807, 2.05) is 44.2 Å². The lowest BCUT2D eigenvalue weighted by Gasteiger charge is -2.20. The second-order valence-electron chi connectivity index (χ2n) is 8.64. The van der Waals surface area contributed by atoms with Gasteiger partial charge in [0.1, 0.15) is 5.82 Å². The molecule has 1 N–H and O–H groups in total. The Labute approximate surface area is 232 Å². The van der Waals surface area contributed by atoms with Gasteiger partial charge in [-0.3, -0.25) is 8.77 Å². The van der Waals surface area contributed by atoms with Crippen LogP contribution in [0, 0.1) is 12.7 Å². The van der Waals surface area contributed by atoms with Gasteiger partial charge in [-0.25, -0.2) is 13.3 Å². The van der Waals surface area contributed by atoms with Gasteiger partial charge in [0.05, 0.1) is 34.2 Å². The molecule has 0 radical (unpaired) electrons. The first-order chi connectivity index (χ1) is 18.3. The molecule has 196 valence electrons. The molecule has 2 unspecified atom stereocenters. The third-order valence-electron chi connectivity index (χ3n) is 6.15. The summed E-state index contributed by atoms with van der Waals surface area (Å²) in [4.78, 5) is 14.2. The highest BCUT2D eigenvalue weighted by Crippen LogP contribution is 2.28. The Hall–Kier alpha value is -3.56. The van der Waals surface area contributed by atoms with Crippen LogP contribution in [-0.4, -0.2) is 23.9 Å². The molecular formula is C29H28BrFN4O2S. The number of allylic oxidation sites excluding steroid dienone is 1. The molecule has 2 heterocycles. The molecule has 0 saturated carbocycles. The molecule has 0 fully saturated rings. The SMILES string of the molecule is C=Cc1c(/C(=C\C)C(=O)NC(CC)c2cc(Br)cn2S(=O)c2ccc(C)cc2)cnn1-c1ccc(F)cc1. The van der Waals surface area contributed by atoms with Gasteiger partial charge < -0.3 is 5.32 Å². The maximum atomic E-state index is 13.6. The zero-order valence-electron chi connectivity index (χ0n) is 21.3. The second kappa shape index (κ2) is 11.9. The van der Waals surface area contributed by atoms with Crippen molar-refractivity contribution in [1.82, 2.24) is 19.1 Å². The molecular weight excluding hydrogens is 567 g/mol. The van der Waals surface area contributed by atoms with E-state index in [9.17, 15) is 13.4 Å². The summed E-state index contributed by atoms with van der Waals surface area (Å²) in [5.41, 5.74) is 4.07. The number of aryl methyl sites for hydroxylation is 1. The molecule has 2 atom stereocenters. The third-order valence-corrected chi connectivity index (χ3v) is 7.93. The van der Waals surface area contributed by atoms with Gasteiger partial charge in [-0.2, -0.15) is 5.10 Å². The maximum absolute atomic E-state index is 13.6. The topological polar surface area (TPSA) is 68.9 Å². The van der Waals surface area contributed by atoms with Crippen LogP contribution >= 0.6 is 15.9 Å². The minimum absolute atomic E-state index is 0.300. The summed E-state index contributed by atoms with van der Waals surface area (Å²) in [6.07, 6.45) is 7.28. The van der Waals surface area contributed by atoms with E-state index in [4.69, 9.17) is 0 Å². The fourth-order valence-electron chi connectivity index (χ4n) is 4.17. The number of aromatic nitrogens is 3. The summed E-state index contributed by atoms with van der Waals surface area (Å²) >= 11 is 3.50. The molecule has 4 aromatic rings. The second-order valence-corrected chi connectivity index (χ2v) is 10.9. The minimum atomic E-state index is -1.49. The summed E-state index contributed by atoms with van der Waals surface area (Å²) in [6, 6.07) is 14.9. The number of benzene rings is 2. The highest BCUT2D eigenvalue weighted by atomic mass is 79.9. The van der Waals surface area contributed by atoms with Crippen molar-refractivity contribution in [2.75, 3.05) is 0 Å². The molecule has 0 aliphatic rings. The Bertz CT molecular complexity index is 1520. The number of hydrogen-bond donors (Lipinski definition) is 1. The van der Waals surface area contributed by atoms with Crippen molar-refractivity contribution in [2.45, 2.75) is 38.1 Å². The van der Waals surface area contributed by atoms with Gasteiger partial charge in [0.15, 0.2) is 11.0 Å². The Morgan fingerprint density at radius 2 is 1.89 bits per heavy atom. The van der Waals surface area contributed by atoms with E-state index in [1.54, 1.807) is 52.3 Å². The van der Waals surface area contributed by atoms with Gasteiger partial charge in [0, 0.05) is 21.8 Å². The quantitative estimate of drug-likeness (QED) is 0.217. The Kier molecular flexibility index (Phi) is 8.58. The van der Waals surface area contributed by atoms with Crippen molar-refractivity contribution in [3.8, 4) is 5.69 Å². The number of hydrogen-bond acceptors (Lipinski definition) is 3. The number of nitrogens with zero attached hydrogens (tertiary/aromatic N) is 3.